The van der Waals surface area contributed by atoms with Crippen molar-refractivity contribution < 1.29 is 15.3 Å². The van der Waals surface area contributed by atoms with E-state index in [2.05, 4.69) is 0 Å². The average molecular weight is 726 g/mol. The van der Waals surface area contributed by atoms with Gasteiger partial charge in [0.1, 0.15) is 0 Å². The molecule has 6 rings (SSSR count). The molecule has 6 aromatic rings. The molecule has 0 aliphatic heterocycles. The van der Waals surface area contributed by atoms with Gasteiger partial charge in [0.05, 0.1) is 0 Å². The normalized spacial score (nSPS) is 9.90. The van der Waals surface area contributed by atoms with Crippen LogP contribution >= 0.6 is 0 Å². The van der Waals surface area contributed by atoms with E-state index in [4.69, 9.17) is 0 Å². The van der Waals surface area contributed by atoms with Gasteiger partial charge in [-0.25, -0.2) is 0 Å². The fourth-order valence-electron chi connectivity index (χ4n) is 3.78. The van der Waals surface area contributed by atoms with Gasteiger partial charge in [-0.3, -0.25) is 14.4 Å². The van der Waals surface area contributed by atoms with Crippen LogP contribution in [0.25, 0.3) is 32.3 Å². The van der Waals surface area contributed by atoms with Crippen LogP contribution in [0.15, 0.2) is 142 Å². The fraction of sp³-hybridized carbons (Fsp3) is 0. The SMILES string of the molecule is O=c1cc2ccccc2ccc1O.O=c1cc2ccccc2ccc1O.O=c1cc2ccccc2ccc1O.[Bi]. The zero-order valence-electron chi connectivity index (χ0n) is 21.1. The first kappa shape index (κ1) is 29.9. The Labute approximate surface area is 248 Å². The van der Waals surface area contributed by atoms with Crippen LogP contribution in [0.1, 0.15) is 0 Å². The van der Waals surface area contributed by atoms with Gasteiger partial charge >= 0.3 is 0 Å². The summed E-state index contributed by atoms with van der Waals surface area (Å²) in [5.74, 6) is -0.636. The van der Waals surface area contributed by atoms with Crippen LogP contribution in [-0.4, -0.2) is 41.5 Å². The van der Waals surface area contributed by atoms with E-state index in [1.165, 1.54) is 36.4 Å². The van der Waals surface area contributed by atoms with Gasteiger partial charge in [-0.15, -0.1) is 0 Å². The predicted octanol–water partition coefficient (Wildman–Crippen LogP) is 5.34. The molecule has 7 heteroatoms. The molecular formula is C33H24BiO6. The standard InChI is InChI=1S/3C11H8O2.Bi/c3*12-10-6-5-8-3-1-2-4-9(8)7-11(10)13;/h3*1-7H,(H,12,13);. The van der Waals surface area contributed by atoms with Crippen LogP contribution in [0.5, 0.6) is 17.2 Å². The number of rotatable bonds is 0. The van der Waals surface area contributed by atoms with Crippen LogP contribution in [0.3, 0.4) is 0 Å². The molecule has 0 aliphatic rings. The van der Waals surface area contributed by atoms with Crippen molar-refractivity contribution in [1.82, 2.24) is 0 Å². The van der Waals surface area contributed by atoms with Crippen molar-refractivity contribution in [2.75, 3.05) is 0 Å². The molecule has 6 nitrogen and oxygen atoms in total. The van der Waals surface area contributed by atoms with E-state index in [1.807, 2.05) is 72.8 Å². The summed E-state index contributed by atoms with van der Waals surface area (Å²) in [5, 5.41) is 32.9. The quantitative estimate of drug-likeness (QED) is 0.183. The van der Waals surface area contributed by atoms with Crippen molar-refractivity contribution in [2.45, 2.75) is 0 Å². The van der Waals surface area contributed by atoms with E-state index in [-0.39, 0.29) is 59.7 Å². The van der Waals surface area contributed by atoms with E-state index in [9.17, 15) is 29.7 Å². The van der Waals surface area contributed by atoms with Crippen molar-refractivity contribution in [2.24, 2.45) is 0 Å². The van der Waals surface area contributed by atoms with Crippen molar-refractivity contribution in [3.63, 3.8) is 0 Å². The van der Waals surface area contributed by atoms with Crippen LogP contribution in [0.2, 0.25) is 0 Å². The van der Waals surface area contributed by atoms with Crippen LogP contribution in [-0.2, 0) is 0 Å². The van der Waals surface area contributed by atoms with Crippen molar-refractivity contribution in [1.29, 1.82) is 0 Å². The second kappa shape index (κ2) is 14.0. The monoisotopic (exact) mass is 725 g/mol. The Hall–Kier alpha value is -4.61. The number of aromatic hydroxyl groups is 3. The summed E-state index contributed by atoms with van der Waals surface area (Å²) in [7, 11) is 0. The molecule has 40 heavy (non-hydrogen) atoms. The molecular weight excluding hydrogens is 701 g/mol. The Balaban J connectivity index is 0.000000163. The molecule has 0 saturated heterocycles. The van der Waals surface area contributed by atoms with E-state index in [0.717, 1.165) is 32.3 Å². The molecule has 197 valence electrons. The molecule has 0 unspecified atom stereocenters. The number of hydrogen-bond donors (Lipinski definition) is 3. The Morgan fingerprint density at radius 2 is 0.550 bits per heavy atom. The minimum Gasteiger partial charge on any atom is -0.504 e. The van der Waals surface area contributed by atoms with Gasteiger partial charge in [0.15, 0.2) is 17.2 Å². The third-order valence-corrected chi connectivity index (χ3v) is 5.87. The Morgan fingerprint density at radius 1 is 0.325 bits per heavy atom. The number of benzene rings is 3. The van der Waals surface area contributed by atoms with Gasteiger partial charge in [0.25, 0.3) is 0 Å². The van der Waals surface area contributed by atoms with Crippen molar-refractivity contribution in [3.05, 3.63) is 158 Å². The van der Waals surface area contributed by atoms with Gasteiger partial charge < -0.3 is 15.3 Å². The topological polar surface area (TPSA) is 112 Å². The average Bonchev–Trinajstić information content (AvgIpc) is 3.26. The molecule has 0 heterocycles. The minimum atomic E-state index is -0.346. The Kier molecular flexibility index (Phi) is 10.5. The first-order chi connectivity index (χ1) is 18.8. The summed E-state index contributed by atoms with van der Waals surface area (Å²) in [4.78, 5) is 33.5. The zero-order valence-corrected chi connectivity index (χ0v) is 24.6. The maximum Gasteiger partial charge on any atom is 0.220 e. The first-order valence-corrected chi connectivity index (χ1v) is 12.0. The zero-order chi connectivity index (χ0) is 27.8. The van der Waals surface area contributed by atoms with Crippen LogP contribution in [0, 0.1) is 0 Å². The van der Waals surface area contributed by atoms with Crippen LogP contribution < -0.4 is 16.3 Å². The van der Waals surface area contributed by atoms with E-state index < -0.39 is 0 Å². The van der Waals surface area contributed by atoms with Gasteiger partial charge in [-0.2, -0.15) is 0 Å². The largest absolute Gasteiger partial charge is 0.504 e. The predicted molar refractivity (Wildman–Crippen MR) is 161 cm³/mol. The number of fused-ring (bicyclic) bond motifs is 3. The third kappa shape index (κ3) is 7.71. The fourth-order valence-corrected chi connectivity index (χ4v) is 3.78. The number of hydrogen-bond acceptors (Lipinski definition) is 6. The molecule has 0 amide bonds. The summed E-state index contributed by atoms with van der Waals surface area (Å²) in [5.41, 5.74) is -1.04. The molecule has 0 saturated carbocycles. The molecule has 6 aromatic carbocycles. The minimum absolute atomic E-state index is 0. The second-order valence-electron chi connectivity index (χ2n) is 8.57. The summed E-state index contributed by atoms with van der Waals surface area (Å²) >= 11 is 0. The molecule has 3 radical (unpaired) electrons. The van der Waals surface area contributed by atoms with Gasteiger partial charge in [-0.05, 0) is 68.7 Å². The Morgan fingerprint density at radius 3 is 0.800 bits per heavy atom. The molecule has 3 N–H and O–H groups in total. The molecule has 0 fully saturated rings. The molecule has 0 atom stereocenters. The maximum absolute atomic E-state index is 11.2. The van der Waals surface area contributed by atoms with E-state index >= 15 is 0 Å². The van der Waals surface area contributed by atoms with Crippen molar-refractivity contribution in [3.8, 4) is 17.2 Å². The molecule has 0 spiro atoms. The van der Waals surface area contributed by atoms with E-state index in [1.54, 1.807) is 18.2 Å². The van der Waals surface area contributed by atoms with Crippen LogP contribution in [0.4, 0.5) is 0 Å². The van der Waals surface area contributed by atoms with Gasteiger partial charge in [0.2, 0.25) is 16.3 Å². The first-order valence-electron chi connectivity index (χ1n) is 12.0. The Bertz CT molecular complexity index is 1750. The second-order valence-corrected chi connectivity index (χ2v) is 8.57. The summed E-state index contributed by atoms with van der Waals surface area (Å²) in [6.45, 7) is 0. The summed E-state index contributed by atoms with van der Waals surface area (Å²) in [6, 6.07) is 36.2. The third-order valence-electron chi connectivity index (χ3n) is 5.87. The van der Waals surface area contributed by atoms with Gasteiger partial charge in [-0.1, -0.05) is 91.0 Å². The summed E-state index contributed by atoms with van der Waals surface area (Å²) in [6.07, 6.45) is 0. The molecule has 0 aromatic heterocycles. The van der Waals surface area contributed by atoms with Crippen molar-refractivity contribution >= 4 is 58.5 Å². The van der Waals surface area contributed by atoms with Gasteiger partial charge in [0, 0.05) is 26.2 Å². The molecule has 0 aliphatic carbocycles. The maximum atomic E-state index is 11.2. The summed E-state index contributed by atoms with van der Waals surface area (Å²) < 4.78 is 0. The molecule has 0 bridgehead atoms. The smallest absolute Gasteiger partial charge is 0.220 e. The van der Waals surface area contributed by atoms with E-state index in [0.29, 0.717) is 0 Å².